The van der Waals surface area contributed by atoms with Crippen molar-refractivity contribution in [2.45, 2.75) is 6.92 Å². The van der Waals surface area contributed by atoms with Gasteiger partial charge in [-0.25, -0.2) is 0 Å². The molecule has 3 aliphatic heterocycles. The van der Waals surface area contributed by atoms with Gasteiger partial charge in [0.2, 0.25) is 0 Å². The number of hydrogen-bond acceptors (Lipinski definition) is 4. The van der Waals surface area contributed by atoms with Crippen LogP contribution in [0.5, 0.6) is 0 Å². The number of benzene rings is 1. The molecule has 4 heterocycles. The van der Waals surface area contributed by atoms with Crippen LogP contribution in [0.25, 0.3) is 10.1 Å². The molecule has 0 spiro atoms. The molecular weight excluding hydrogens is 286 g/mol. The van der Waals surface area contributed by atoms with E-state index in [1.807, 2.05) is 6.07 Å². The van der Waals surface area contributed by atoms with Crippen molar-refractivity contribution in [3.05, 3.63) is 30.3 Å². The molecule has 0 saturated carbocycles. The Morgan fingerprint density at radius 2 is 1.74 bits per heavy atom. The molecule has 5 rings (SSSR count). The fraction of sp³-hybridized carbons (Fsp3) is 0.385. The molecule has 3 saturated heterocycles. The number of rotatable bonds is 1. The van der Waals surface area contributed by atoms with Crippen LogP contribution in [0, 0.1) is 5.41 Å². The average Bonchev–Trinajstić information content (AvgIpc) is 2.84. The fourth-order valence-corrected chi connectivity index (χ4v) is 3.80. The molecule has 94 valence electrons. The van der Waals surface area contributed by atoms with Crippen LogP contribution in [0.3, 0.4) is 0 Å². The quantitative estimate of drug-likeness (QED) is 0.641. The van der Waals surface area contributed by atoms with E-state index >= 15 is 0 Å². The molecular formula is C13H14BKO3S. The second kappa shape index (κ2) is 5.19. The van der Waals surface area contributed by atoms with E-state index in [-0.39, 0.29) is 56.8 Å². The van der Waals surface area contributed by atoms with Crippen LogP contribution in [0.15, 0.2) is 30.3 Å². The van der Waals surface area contributed by atoms with Gasteiger partial charge in [0, 0.05) is 29.9 Å². The van der Waals surface area contributed by atoms with Crippen LogP contribution in [0.4, 0.5) is 0 Å². The summed E-state index contributed by atoms with van der Waals surface area (Å²) in [6, 6.07) is 10.5. The van der Waals surface area contributed by atoms with Crippen molar-refractivity contribution in [2.24, 2.45) is 5.41 Å². The van der Waals surface area contributed by atoms with E-state index in [0.717, 1.165) is 24.6 Å². The van der Waals surface area contributed by atoms with Crippen LogP contribution in [0.2, 0.25) is 0 Å². The Morgan fingerprint density at radius 1 is 1.11 bits per heavy atom. The maximum absolute atomic E-state index is 5.91. The van der Waals surface area contributed by atoms with Crippen LogP contribution in [-0.4, -0.2) is 26.6 Å². The molecule has 0 unspecified atom stereocenters. The minimum absolute atomic E-state index is 0. The van der Waals surface area contributed by atoms with Crippen molar-refractivity contribution < 1.29 is 65.3 Å². The number of hydrogen-bond donors (Lipinski definition) is 0. The van der Waals surface area contributed by atoms with Gasteiger partial charge in [0.15, 0.2) is 0 Å². The largest absolute Gasteiger partial charge is 1.00 e. The summed E-state index contributed by atoms with van der Waals surface area (Å²) in [4.78, 5) is 0. The normalized spacial score (nSPS) is 33.3. The molecule has 0 atom stereocenters. The second-order valence-corrected chi connectivity index (χ2v) is 6.69. The van der Waals surface area contributed by atoms with E-state index in [0.29, 0.717) is 0 Å². The predicted molar refractivity (Wildman–Crippen MR) is 73.2 cm³/mol. The summed E-state index contributed by atoms with van der Waals surface area (Å²) in [6.07, 6.45) is 0. The van der Waals surface area contributed by atoms with E-state index in [2.05, 4.69) is 31.2 Å². The molecule has 2 bridgehead atoms. The first-order valence-electron chi connectivity index (χ1n) is 6.24. The third-order valence-corrected chi connectivity index (χ3v) is 4.98. The van der Waals surface area contributed by atoms with Gasteiger partial charge in [-0.3, -0.25) is 0 Å². The molecule has 19 heavy (non-hydrogen) atoms. The summed E-state index contributed by atoms with van der Waals surface area (Å²) in [5.74, 6) is 0. The Hall–Kier alpha value is 0.761. The standard InChI is InChI=1S/C13H14BO3S.K/c1-13-7-15-14(16-8-13,17-9-13)12-6-10-4-2-3-5-11(10)18-12;/h2-6H,7-9H2,1H3;/q-1;+1. The molecule has 3 nitrogen and oxygen atoms in total. The maximum atomic E-state index is 5.91. The molecule has 3 fully saturated rings. The first-order chi connectivity index (χ1) is 8.69. The first-order valence-corrected chi connectivity index (χ1v) is 7.05. The summed E-state index contributed by atoms with van der Waals surface area (Å²) < 4.78 is 20.1. The van der Waals surface area contributed by atoms with E-state index in [4.69, 9.17) is 14.0 Å². The Kier molecular flexibility index (Phi) is 4.01. The van der Waals surface area contributed by atoms with Crippen LogP contribution < -0.4 is 56.2 Å². The average molecular weight is 300 g/mol. The minimum atomic E-state index is -1.69. The van der Waals surface area contributed by atoms with Gasteiger partial charge in [-0.1, -0.05) is 36.0 Å². The van der Waals surface area contributed by atoms with Crippen molar-refractivity contribution in [1.82, 2.24) is 0 Å². The van der Waals surface area contributed by atoms with Gasteiger partial charge < -0.3 is 14.0 Å². The van der Waals surface area contributed by atoms with E-state index in [9.17, 15) is 0 Å². The van der Waals surface area contributed by atoms with Crippen molar-refractivity contribution in [3.8, 4) is 0 Å². The van der Waals surface area contributed by atoms with Gasteiger partial charge in [-0.15, -0.1) is 0 Å². The van der Waals surface area contributed by atoms with Gasteiger partial charge in [0.1, 0.15) is 0 Å². The molecule has 1 aromatic heterocycles. The summed E-state index contributed by atoms with van der Waals surface area (Å²) in [5, 5.41) is 1.23. The van der Waals surface area contributed by atoms with E-state index in [1.165, 1.54) is 10.1 Å². The smallest absolute Gasteiger partial charge is 0.540 e. The van der Waals surface area contributed by atoms with E-state index in [1.54, 1.807) is 11.3 Å². The zero-order valence-corrected chi connectivity index (χ0v) is 15.2. The second-order valence-electron chi connectivity index (χ2n) is 5.57. The maximum Gasteiger partial charge on any atom is 1.00 e. The van der Waals surface area contributed by atoms with E-state index < -0.39 is 6.75 Å². The molecule has 0 N–H and O–H groups in total. The third kappa shape index (κ3) is 2.41. The van der Waals surface area contributed by atoms with Crippen LogP contribution in [-0.2, 0) is 14.0 Å². The Morgan fingerprint density at radius 3 is 2.37 bits per heavy atom. The van der Waals surface area contributed by atoms with Gasteiger partial charge in [-0.2, -0.15) is 11.3 Å². The molecule has 0 radical (unpaired) electrons. The fourth-order valence-electron chi connectivity index (χ4n) is 2.63. The molecule has 0 aliphatic carbocycles. The molecule has 2 aromatic rings. The molecule has 6 heteroatoms. The predicted octanol–water partition coefficient (Wildman–Crippen LogP) is -0.865. The number of thiophene rings is 1. The Labute approximate surface area is 159 Å². The molecule has 3 aliphatic rings. The summed E-state index contributed by atoms with van der Waals surface area (Å²) in [5.41, 5.74) is 0.0280. The number of fused-ring (bicyclic) bond motifs is 4. The van der Waals surface area contributed by atoms with Gasteiger partial charge in [-0.05, 0) is 11.5 Å². The van der Waals surface area contributed by atoms with Gasteiger partial charge in [0.05, 0.1) is 0 Å². The SMILES string of the molecule is CC12CO[B-](c3cc4ccccc4s3)(OC1)OC2.[K+]. The Bertz CT molecular complexity index is 557. The first kappa shape index (κ1) is 14.7. The van der Waals surface area contributed by atoms with Crippen molar-refractivity contribution >= 4 is 33.0 Å². The molecule has 1 aromatic carbocycles. The topological polar surface area (TPSA) is 27.7 Å². The summed E-state index contributed by atoms with van der Waals surface area (Å²) in [6.45, 7) is 2.62. The van der Waals surface area contributed by atoms with Gasteiger partial charge >= 0.3 is 58.1 Å². The third-order valence-electron chi connectivity index (χ3n) is 3.75. The zero-order chi connectivity index (χ0) is 12.2. The molecule has 0 amide bonds. The van der Waals surface area contributed by atoms with Crippen LogP contribution in [0.1, 0.15) is 6.92 Å². The van der Waals surface area contributed by atoms with Crippen molar-refractivity contribution in [2.75, 3.05) is 19.8 Å². The van der Waals surface area contributed by atoms with Crippen LogP contribution >= 0.6 is 11.3 Å². The summed E-state index contributed by atoms with van der Waals surface area (Å²) >= 11 is 1.70. The zero-order valence-electron chi connectivity index (χ0n) is 11.2. The summed E-state index contributed by atoms with van der Waals surface area (Å²) in [7, 11) is 0. The van der Waals surface area contributed by atoms with Crippen molar-refractivity contribution in [3.63, 3.8) is 0 Å². The van der Waals surface area contributed by atoms with Gasteiger partial charge in [0.25, 0.3) is 0 Å². The van der Waals surface area contributed by atoms with Crippen molar-refractivity contribution in [1.29, 1.82) is 0 Å². The minimum Gasteiger partial charge on any atom is -0.540 e. The Balaban J connectivity index is 0.00000110. The monoisotopic (exact) mass is 300 g/mol.